The van der Waals surface area contributed by atoms with E-state index >= 15 is 0 Å². The molecule has 0 amide bonds. The van der Waals surface area contributed by atoms with Gasteiger partial charge in [0.25, 0.3) is 0 Å². The van der Waals surface area contributed by atoms with Crippen molar-refractivity contribution in [2.24, 2.45) is 0 Å². The van der Waals surface area contributed by atoms with Crippen LogP contribution in [-0.4, -0.2) is 14.7 Å². The van der Waals surface area contributed by atoms with Gasteiger partial charge in [0.15, 0.2) is 5.16 Å². The number of imidazole rings is 1. The quantitative estimate of drug-likeness (QED) is 0.675. The molecule has 0 fully saturated rings. The molecule has 0 aliphatic rings. The number of hydrogen-bond acceptors (Lipinski definition) is 3. The molecule has 3 nitrogen and oxygen atoms in total. The van der Waals surface area contributed by atoms with Gasteiger partial charge in [-0.15, -0.1) is 0 Å². The summed E-state index contributed by atoms with van der Waals surface area (Å²) < 4.78 is 2.07. The number of aliphatic hydroxyl groups excluding tert-OH is 1. The second-order valence-electron chi connectivity index (χ2n) is 5.18. The highest BCUT2D eigenvalue weighted by atomic mass is 35.5. The summed E-state index contributed by atoms with van der Waals surface area (Å²) in [5.74, 6) is 0.813. The number of thioether (sulfide) groups is 1. The lowest BCUT2D eigenvalue weighted by atomic mass is 10.2. The third kappa shape index (κ3) is 4.16. The number of hydrogen-bond donors (Lipinski definition) is 1. The summed E-state index contributed by atoms with van der Waals surface area (Å²) in [6, 6.07) is 18.0. The zero-order valence-corrected chi connectivity index (χ0v) is 14.1. The lowest BCUT2D eigenvalue weighted by Crippen LogP contribution is -2.06. The predicted molar refractivity (Wildman–Crippen MR) is 94.7 cm³/mol. The van der Waals surface area contributed by atoms with E-state index in [9.17, 15) is 5.11 Å². The monoisotopic (exact) mass is 344 g/mol. The Morgan fingerprint density at radius 2 is 1.74 bits per heavy atom. The van der Waals surface area contributed by atoms with Gasteiger partial charge in [-0.2, -0.15) is 0 Å². The maximum absolute atomic E-state index is 9.54. The molecule has 0 radical (unpaired) electrons. The van der Waals surface area contributed by atoms with Crippen LogP contribution < -0.4 is 0 Å². The molecule has 0 spiro atoms. The van der Waals surface area contributed by atoms with Gasteiger partial charge in [0.05, 0.1) is 18.5 Å². The van der Waals surface area contributed by atoms with E-state index in [2.05, 4.69) is 21.7 Å². The molecular weight excluding hydrogens is 328 g/mol. The van der Waals surface area contributed by atoms with Crippen LogP contribution in [0.2, 0.25) is 5.02 Å². The zero-order valence-electron chi connectivity index (χ0n) is 12.5. The lowest BCUT2D eigenvalue weighted by molar-refractivity contribution is 0.270. The maximum atomic E-state index is 9.54. The van der Waals surface area contributed by atoms with Crippen LogP contribution >= 0.6 is 23.4 Å². The zero-order chi connectivity index (χ0) is 16.1. The number of benzene rings is 2. The Hall–Kier alpha value is -1.75. The second kappa shape index (κ2) is 7.68. The van der Waals surface area contributed by atoms with Crippen molar-refractivity contribution in [1.82, 2.24) is 9.55 Å². The van der Waals surface area contributed by atoms with Crippen molar-refractivity contribution in [1.29, 1.82) is 0 Å². The molecule has 3 rings (SSSR count). The minimum atomic E-state index is -0.0126. The molecular formula is C18H17ClN2OS. The first-order valence-corrected chi connectivity index (χ1v) is 8.69. The topological polar surface area (TPSA) is 38.1 Å². The van der Waals surface area contributed by atoms with Gasteiger partial charge in [0.1, 0.15) is 0 Å². The van der Waals surface area contributed by atoms with E-state index in [1.54, 1.807) is 18.0 Å². The third-order valence-corrected chi connectivity index (χ3v) is 4.84. The van der Waals surface area contributed by atoms with Crippen LogP contribution in [0.25, 0.3) is 0 Å². The fourth-order valence-electron chi connectivity index (χ4n) is 2.30. The van der Waals surface area contributed by atoms with Crippen LogP contribution in [0.4, 0.5) is 0 Å². The largest absolute Gasteiger partial charge is 0.390 e. The average Bonchev–Trinajstić information content (AvgIpc) is 2.97. The van der Waals surface area contributed by atoms with Gasteiger partial charge in [0.2, 0.25) is 0 Å². The first-order valence-electron chi connectivity index (χ1n) is 7.32. The number of aliphatic hydroxyl groups is 1. The van der Waals surface area contributed by atoms with E-state index in [-0.39, 0.29) is 6.61 Å². The summed E-state index contributed by atoms with van der Waals surface area (Å²) in [7, 11) is 0. The molecule has 0 saturated heterocycles. The molecule has 0 unspecified atom stereocenters. The highest BCUT2D eigenvalue weighted by Crippen LogP contribution is 2.24. The molecule has 1 aromatic heterocycles. The number of aromatic nitrogens is 2. The van der Waals surface area contributed by atoms with Crippen molar-refractivity contribution >= 4 is 23.4 Å². The molecule has 118 valence electrons. The minimum Gasteiger partial charge on any atom is -0.390 e. The molecule has 23 heavy (non-hydrogen) atoms. The van der Waals surface area contributed by atoms with Gasteiger partial charge in [-0.3, -0.25) is 0 Å². The van der Waals surface area contributed by atoms with Crippen molar-refractivity contribution in [3.05, 3.63) is 82.6 Å². The highest BCUT2D eigenvalue weighted by Gasteiger charge is 2.10. The fraction of sp³-hybridized carbons (Fsp3) is 0.167. The normalized spacial score (nSPS) is 10.9. The van der Waals surface area contributed by atoms with Crippen molar-refractivity contribution < 1.29 is 5.11 Å². The van der Waals surface area contributed by atoms with E-state index in [4.69, 9.17) is 11.6 Å². The van der Waals surface area contributed by atoms with Gasteiger partial charge in [-0.25, -0.2) is 4.98 Å². The number of rotatable bonds is 6. The smallest absolute Gasteiger partial charge is 0.168 e. The summed E-state index contributed by atoms with van der Waals surface area (Å²) in [5.41, 5.74) is 3.21. The van der Waals surface area contributed by atoms with E-state index in [0.29, 0.717) is 6.54 Å². The minimum absolute atomic E-state index is 0.0126. The van der Waals surface area contributed by atoms with Crippen LogP contribution in [-0.2, 0) is 18.9 Å². The Morgan fingerprint density at radius 1 is 1.00 bits per heavy atom. The molecule has 0 saturated carbocycles. The predicted octanol–water partition coefficient (Wildman–Crippen LogP) is 4.37. The summed E-state index contributed by atoms with van der Waals surface area (Å²) in [5, 5.41) is 11.2. The summed E-state index contributed by atoms with van der Waals surface area (Å²) in [6.07, 6.45) is 1.74. The lowest BCUT2D eigenvalue weighted by Gasteiger charge is -2.11. The Morgan fingerprint density at radius 3 is 2.43 bits per heavy atom. The molecule has 1 heterocycles. The van der Waals surface area contributed by atoms with Crippen molar-refractivity contribution in [3.63, 3.8) is 0 Å². The Bertz CT molecular complexity index is 756. The van der Waals surface area contributed by atoms with E-state index in [0.717, 1.165) is 21.6 Å². The highest BCUT2D eigenvalue weighted by molar-refractivity contribution is 7.98. The van der Waals surface area contributed by atoms with Crippen LogP contribution in [0, 0.1) is 0 Å². The first kappa shape index (κ1) is 16.1. The number of nitrogens with zero attached hydrogens (tertiary/aromatic N) is 2. The van der Waals surface area contributed by atoms with Crippen LogP contribution in [0.5, 0.6) is 0 Å². The average molecular weight is 345 g/mol. The molecule has 5 heteroatoms. The van der Waals surface area contributed by atoms with Crippen molar-refractivity contribution in [2.45, 2.75) is 24.1 Å². The number of halogens is 1. The second-order valence-corrected chi connectivity index (χ2v) is 6.56. The Kier molecular flexibility index (Phi) is 5.39. The van der Waals surface area contributed by atoms with Gasteiger partial charge >= 0.3 is 0 Å². The maximum Gasteiger partial charge on any atom is 0.168 e. The Labute approximate surface area is 144 Å². The molecule has 1 N–H and O–H groups in total. The third-order valence-electron chi connectivity index (χ3n) is 3.53. The van der Waals surface area contributed by atoms with Gasteiger partial charge in [0, 0.05) is 17.3 Å². The fourth-order valence-corrected chi connectivity index (χ4v) is 3.38. The van der Waals surface area contributed by atoms with Crippen LogP contribution in [0.1, 0.15) is 16.8 Å². The Balaban J connectivity index is 1.76. The molecule has 0 bridgehead atoms. The van der Waals surface area contributed by atoms with Gasteiger partial charge in [-0.1, -0.05) is 65.8 Å². The molecule has 2 aromatic carbocycles. The SMILES string of the molecule is OCc1cnc(SCc2ccc(Cl)cc2)n1Cc1ccccc1. The van der Waals surface area contributed by atoms with E-state index in [1.807, 2.05) is 42.5 Å². The molecule has 0 aliphatic carbocycles. The van der Waals surface area contributed by atoms with E-state index in [1.165, 1.54) is 11.1 Å². The standard InChI is InChI=1S/C18H17ClN2OS/c19-16-8-6-15(7-9-16)13-23-18-20-10-17(12-22)21(18)11-14-4-2-1-3-5-14/h1-10,22H,11-13H2. The van der Waals surface area contributed by atoms with Crippen molar-refractivity contribution in [3.8, 4) is 0 Å². The van der Waals surface area contributed by atoms with Crippen LogP contribution in [0.3, 0.4) is 0 Å². The summed E-state index contributed by atoms with van der Waals surface area (Å²) in [6.45, 7) is 0.695. The van der Waals surface area contributed by atoms with Crippen LogP contribution in [0.15, 0.2) is 66.0 Å². The van der Waals surface area contributed by atoms with Gasteiger partial charge < -0.3 is 9.67 Å². The first-order chi connectivity index (χ1) is 11.3. The molecule has 0 aliphatic heterocycles. The molecule has 3 aromatic rings. The molecule has 0 atom stereocenters. The van der Waals surface area contributed by atoms with E-state index < -0.39 is 0 Å². The van der Waals surface area contributed by atoms with Crippen molar-refractivity contribution in [2.75, 3.05) is 0 Å². The summed E-state index contributed by atoms with van der Waals surface area (Å²) in [4.78, 5) is 4.46. The van der Waals surface area contributed by atoms with Gasteiger partial charge in [-0.05, 0) is 23.3 Å². The summed E-state index contributed by atoms with van der Waals surface area (Å²) >= 11 is 7.57.